The Balaban J connectivity index is 1.69. The van der Waals surface area contributed by atoms with Crippen molar-refractivity contribution in [1.82, 2.24) is 20.2 Å². The number of carbonyl (C=O) groups is 2. The second kappa shape index (κ2) is 7.47. The van der Waals surface area contributed by atoms with Gasteiger partial charge in [-0.1, -0.05) is 51.1 Å². The van der Waals surface area contributed by atoms with Gasteiger partial charge < -0.3 is 10.2 Å². The van der Waals surface area contributed by atoms with E-state index < -0.39 is 11.5 Å². The fraction of sp³-hybridized carbons (Fsp3) is 0.429. The quantitative estimate of drug-likeness (QED) is 0.906. The van der Waals surface area contributed by atoms with Crippen molar-refractivity contribution in [3.05, 3.63) is 47.8 Å². The van der Waals surface area contributed by atoms with Crippen molar-refractivity contribution < 1.29 is 9.59 Å². The lowest BCUT2D eigenvalue weighted by Gasteiger charge is -2.31. The molecule has 0 radical (unpaired) electrons. The molecule has 1 unspecified atom stereocenters. The van der Waals surface area contributed by atoms with E-state index in [1.165, 1.54) is 0 Å². The number of fused-ring (bicyclic) bond motifs is 1. The van der Waals surface area contributed by atoms with Gasteiger partial charge in [-0.3, -0.25) is 9.59 Å². The minimum atomic E-state index is -0.553. The van der Waals surface area contributed by atoms with Gasteiger partial charge in [0, 0.05) is 42.2 Å². The molecule has 6 nitrogen and oxygen atoms in total. The topological polar surface area (TPSA) is 75.2 Å². The lowest BCUT2D eigenvalue weighted by atomic mass is 9.95. The summed E-state index contributed by atoms with van der Waals surface area (Å²) < 4.78 is 0. The van der Waals surface area contributed by atoms with Crippen molar-refractivity contribution in [2.24, 2.45) is 5.41 Å². The van der Waals surface area contributed by atoms with Crippen molar-refractivity contribution in [2.75, 3.05) is 6.54 Å². The Bertz CT molecular complexity index is 843. The lowest BCUT2D eigenvalue weighted by Crippen LogP contribution is -2.50. The van der Waals surface area contributed by atoms with Gasteiger partial charge in [-0.15, -0.1) is 0 Å². The van der Waals surface area contributed by atoms with E-state index >= 15 is 0 Å². The summed E-state index contributed by atoms with van der Waals surface area (Å²) in [4.78, 5) is 35.8. The summed E-state index contributed by atoms with van der Waals surface area (Å²) in [6, 6.07) is 9.31. The molecule has 1 aliphatic heterocycles. The van der Waals surface area contributed by atoms with Crippen LogP contribution < -0.4 is 5.32 Å². The Labute approximate surface area is 160 Å². The molecule has 0 saturated heterocycles. The van der Waals surface area contributed by atoms with Crippen molar-refractivity contribution in [3.63, 3.8) is 0 Å². The van der Waals surface area contributed by atoms with Crippen LogP contribution in [0.2, 0.25) is 0 Å². The molecule has 6 heteroatoms. The van der Waals surface area contributed by atoms with Crippen LogP contribution in [0, 0.1) is 5.41 Å². The summed E-state index contributed by atoms with van der Waals surface area (Å²) in [6.07, 6.45) is 2.49. The van der Waals surface area contributed by atoms with E-state index in [0.29, 0.717) is 25.3 Å². The Morgan fingerprint density at radius 1 is 1.19 bits per heavy atom. The Kier molecular flexibility index (Phi) is 5.26. The second-order valence-corrected chi connectivity index (χ2v) is 7.99. The van der Waals surface area contributed by atoms with E-state index in [1.807, 2.05) is 57.3 Å². The van der Waals surface area contributed by atoms with Crippen LogP contribution in [0.3, 0.4) is 0 Å². The molecule has 27 heavy (non-hydrogen) atoms. The average molecular weight is 366 g/mol. The first-order valence-electron chi connectivity index (χ1n) is 9.25. The minimum Gasteiger partial charge on any atom is -0.344 e. The van der Waals surface area contributed by atoms with Crippen LogP contribution in [0.1, 0.15) is 39.0 Å². The SMILES string of the molecule is CC(NC(=O)C(C)(C)C)C(=O)N1CCc2nc(-c3ccccc3)ncc2C1. The number of hydrogen-bond acceptors (Lipinski definition) is 4. The number of nitrogens with zero attached hydrogens (tertiary/aromatic N) is 3. The summed E-state index contributed by atoms with van der Waals surface area (Å²) >= 11 is 0. The third-order valence-electron chi connectivity index (χ3n) is 4.68. The largest absolute Gasteiger partial charge is 0.344 e. The van der Waals surface area contributed by atoms with Gasteiger partial charge in [0.2, 0.25) is 11.8 Å². The van der Waals surface area contributed by atoms with Crippen LogP contribution >= 0.6 is 0 Å². The molecule has 0 fully saturated rings. The number of hydrogen-bond donors (Lipinski definition) is 1. The van der Waals surface area contributed by atoms with E-state index in [4.69, 9.17) is 0 Å². The predicted octanol–water partition coefficient (Wildman–Crippen LogP) is 2.58. The van der Waals surface area contributed by atoms with Crippen LogP contribution in [0.5, 0.6) is 0 Å². The van der Waals surface area contributed by atoms with Gasteiger partial charge in [-0.25, -0.2) is 9.97 Å². The Morgan fingerprint density at radius 2 is 1.89 bits per heavy atom. The van der Waals surface area contributed by atoms with Crippen LogP contribution in [0.25, 0.3) is 11.4 Å². The number of nitrogens with one attached hydrogen (secondary N) is 1. The molecule has 2 aromatic rings. The van der Waals surface area contributed by atoms with Crippen molar-refractivity contribution in [3.8, 4) is 11.4 Å². The van der Waals surface area contributed by atoms with E-state index in [9.17, 15) is 9.59 Å². The van der Waals surface area contributed by atoms with Crippen LogP contribution in [-0.4, -0.2) is 39.3 Å². The van der Waals surface area contributed by atoms with Crippen LogP contribution in [0.15, 0.2) is 36.5 Å². The molecule has 0 bridgehead atoms. The fourth-order valence-electron chi connectivity index (χ4n) is 2.98. The van der Waals surface area contributed by atoms with Crippen LogP contribution in [-0.2, 0) is 22.6 Å². The number of amides is 2. The van der Waals surface area contributed by atoms with E-state index in [1.54, 1.807) is 11.8 Å². The summed E-state index contributed by atoms with van der Waals surface area (Å²) in [5.74, 6) is 0.502. The second-order valence-electron chi connectivity index (χ2n) is 7.99. The molecule has 1 atom stereocenters. The van der Waals surface area contributed by atoms with Gasteiger partial charge in [-0.05, 0) is 6.92 Å². The highest BCUT2D eigenvalue weighted by molar-refractivity contribution is 5.89. The minimum absolute atomic E-state index is 0.0783. The summed E-state index contributed by atoms with van der Waals surface area (Å²) in [6.45, 7) is 8.29. The number of carbonyl (C=O) groups excluding carboxylic acids is 2. The molecule has 1 aromatic heterocycles. The summed E-state index contributed by atoms with van der Waals surface area (Å²) in [5, 5.41) is 2.81. The summed E-state index contributed by atoms with van der Waals surface area (Å²) in [5.41, 5.74) is 2.41. The number of benzene rings is 1. The lowest BCUT2D eigenvalue weighted by molar-refractivity contribution is -0.138. The zero-order chi connectivity index (χ0) is 19.6. The molecule has 1 aliphatic rings. The zero-order valence-corrected chi connectivity index (χ0v) is 16.3. The zero-order valence-electron chi connectivity index (χ0n) is 16.3. The predicted molar refractivity (Wildman–Crippen MR) is 104 cm³/mol. The fourth-order valence-corrected chi connectivity index (χ4v) is 2.98. The molecular formula is C21H26N4O2. The van der Waals surface area contributed by atoms with E-state index in [2.05, 4.69) is 15.3 Å². The maximum absolute atomic E-state index is 12.7. The normalized spacial score (nSPS) is 15.0. The highest BCUT2D eigenvalue weighted by atomic mass is 16.2. The van der Waals surface area contributed by atoms with E-state index in [-0.39, 0.29) is 11.8 Å². The maximum atomic E-state index is 12.7. The van der Waals surface area contributed by atoms with Gasteiger partial charge in [0.15, 0.2) is 5.82 Å². The molecule has 0 spiro atoms. The molecule has 3 rings (SSSR count). The van der Waals surface area contributed by atoms with Crippen molar-refractivity contribution in [1.29, 1.82) is 0 Å². The molecular weight excluding hydrogens is 340 g/mol. The monoisotopic (exact) mass is 366 g/mol. The first-order chi connectivity index (χ1) is 12.8. The Hall–Kier alpha value is -2.76. The van der Waals surface area contributed by atoms with Crippen molar-refractivity contribution in [2.45, 2.75) is 46.7 Å². The molecule has 0 aliphatic carbocycles. The molecule has 142 valence electrons. The third kappa shape index (κ3) is 4.32. The molecule has 0 saturated carbocycles. The molecule has 1 N–H and O–H groups in total. The van der Waals surface area contributed by atoms with Gasteiger partial charge in [0.1, 0.15) is 6.04 Å². The maximum Gasteiger partial charge on any atom is 0.245 e. The molecule has 2 amide bonds. The smallest absolute Gasteiger partial charge is 0.245 e. The Morgan fingerprint density at radius 3 is 2.56 bits per heavy atom. The first kappa shape index (κ1) is 19.0. The third-order valence-corrected chi connectivity index (χ3v) is 4.68. The average Bonchev–Trinajstić information content (AvgIpc) is 2.66. The highest BCUT2D eigenvalue weighted by Gasteiger charge is 2.29. The van der Waals surface area contributed by atoms with Crippen LogP contribution in [0.4, 0.5) is 0 Å². The molecule has 2 heterocycles. The number of aromatic nitrogens is 2. The van der Waals surface area contributed by atoms with E-state index in [0.717, 1.165) is 16.8 Å². The van der Waals surface area contributed by atoms with Gasteiger partial charge in [-0.2, -0.15) is 0 Å². The molecule has 1 aromatic carbocycles. The summed E-state index contributed by atoms with van der Waals surface area (Å²) in [7, 11) is 0. The van der Waals surface area contributed by atoms with Gasteiger partial charge in [0.25, 0.3) is 0 Å². The highest BCUT2D eigenvalue weighted by Crippen LogP contribution is 2.21. The number of rotatable bonds is 3. The standard InChI is InChI=1S/C21H26N4O2/c1-14(23-20(27)21(2,3)4)19(26)25-11-10-17-16(13-25)12-22-18(24-17)15-8-6-5-7-9-15/h5-9,12,14H,10-11,13H2,1-4H3,(H,23,27). The van der Waals surface area contributed by atoms with Gasteiger partial charge >= 0.3 is 0 Å². The van der Waals surface area contributed by atoms with Crippen molar-refractivity contribution >= 4 is 11.8 Å². The van der Waals surface area contributed by atoms with Gasteiger partial charge in [0.05, 0.1) is 5.69 Å². The first-order valence-corrected chi connectivity index (χ1v) is 9.25.